The molecule has 2 aliphatic heterocycles. The van der Waals surface area contributed by atoms with Crippen LogP contribution in [0.15, 0.2) is 18.2 Å². The number of hydrogen-bond acceptors (Lipinski definition) is 5. The highest BCUT2D eigenvalue weighted by Gasteiger charge is 2.28. The van der Waals surface area contributed by atoms with Crippen LogP contribution in [0.25, 0.3) is 0 Å². The van der Waals surface area contributed by atoms with Crippen molar-refractivity contribution in [2.45, 2.75) is 64.5 Å². The van der Waals surface area contributed by atoms with Crippen LogP contribution in [0.1, 0.15) is 62.7 Å². The number of carbonyl (C=O) groups excluding carboxylic acids is 1. The van der Waals surface area contributed by atoms with Gasteiger partial charge in [-0.2, -0.15) is 0 Å². The van der Waals surface area contributed by atoms with Crippen molar-refractivity contribution in [2.75, 3.05) is 18.0 Å². The number of benzene rings is 1. The summed E-state index contributed by atoms with van der Waals surface area (Å²) in [6.07, 6.45) is 6.59. The first-order chi connectivity index (χ1) is 12.5. The average Bonchev–Trinajstić information content (AvgIpc) is 2.65. The van der Waals surface area contributed by atoms with Crippen LogP contribution in [0.5, 0.6) is 0 Å². The molecule has 26 heavy (non-hydrogen) atoms. The van der Waals surface area contributed by atoms with Crippen molar-refractivity contribution in [3.63, 3.8) is 0 Å². The number of amides is 1. The molecule has 1 N–H and O–H groups in total. The van der Waals surface area contributed by atoms with Crippen molar-refractivity contribution in [3.8, 4) is 0 Å². The lowest BCUT2D eigenvalue weighted by Gasteiger charge is -2.39. The van der Waals surface area contributed by atoms with Gasteiger partial charge in [0.2, 0.25) is 0 Å². The van der Waals surface area contributed by atoms with Crippen molar-refractivity contribution in [1.29, 1.82) is 0 Å². The first-order valence-electron chi connectivity index (χ1n) is 9.60. The van der Waals surface area contributed by atoms with E-state index in [9.17, 15) is 14.9 Å². The summed E-state index contributed by atoms with van der Waals surface area (Å²) in [4.78, 5) is 26.0. The summed E-state index contributed by atoms with van der Waals surface area (Å²) in [5, 5.41) is 13.2. The number of hydrazine groups is 1. The van der Waals surface area contributed by atoms with Gasteiger partial charge in [-0.05, 0) is 52.0 Å². The van der Waals surface area contributed by atoms with E-state index in [1.54, 1.807) is 6.07 Å². The summed E-state index contributed by atoms with van der Waals surface area (Å²) in [5.41, 5.74) is 4.17. The van der Waals surface area contributed by atoms with Crippen LogP contribution in [0.4, 0.5) is 11.4 Å². The van der Waals surface area contributed by atoms with Gasteiger partial charge < -0.3 is 4.90 Å². The Morgan fingerprint density at radius 1 is 1.12 bits per heavy atom. The second kappa shape index (κ2) is 8.03. The first kappa shape index (κ1) is 18.6. The molecular weight excluding hydrogens is 332 g/mol. The Hall–Kier alpha value is -2.15. The van der Waals surface area contributed by atoms with Gasteiger partial charge >= 0.3 is 0 Å². The van der Waals surface area contributed by atoms with Crippen molar-refractivity contribution in [1.82, 2.24) is 10.4 Å². The molecule has 3 rings (SSSR count). The molecule has 0 spiro atoms. The normalized spacial score (nSPS) is 24.3. The number of nitro groups is 1. The zero-order chi connectivity index (χ0) is 18.7. The quantitative estimate of drug-likeness (QED) is 0.657. The van der Waals surface area contributed by atoms with Crippen molar-refractivity contribution < 1.29 is 9.72 Å². The largest absolute Gasteiger partial charge is 0.371 e. The highest BCUT2D eigenvalue weighted by molar-refractivity contribution is 6.00. The fraction of sp³-hybridized carbons (Fsp3) is 0.632. The molecule has 2 heterocycles. The van der Waals surface area contributed by atoms with E-state index in [4.69, 9.17) is 0 Å². The summed E-state index contributed by atoms with van der Waals surface area (Å²) in [5.74, 6) is -0.255. The number of hydrogen-bond donors (Lipinski definition) is 1. The second-order valence-corrected chi connectivity index (χ2v) is 7.48. The monoisotopic (exact) mass is 360 g/mol. The van der Waals surface area contributed by atoms with Gasteiger partial charge in [-0.25, -0.2) is 5.01 Å². The van der Waals surface area contributed by atoms with Crippen LogP contribution in [0.3, 0.4) is 0 Å². The zero-order valence-electron chi connectivity index (χ0n) is 15.6. The van der Waals surface area contributed by atoms with Gasteiger partial charge in [-0.3, -0.25) is 20.3 Å². The lowest BCUT2D eigenvalue weighted by Crippen LogP contribution is -2.54. The Morgan fingerprint density at radius 3 is 2.38 bits per heavy atom. The molecule has 2 aliphatic rings. The fourth-order valence-electron chi connectivity index (χ4n) is 4.05. The standard InChI is InChI=1S/C19H28N4O3/c1-14-7-6-8-15(2)22(14)20-19(24)17-13-16(23(25)26)9-10-18(17)21-11-4-3-5-12-21/h9-10,13-15H,3-8,11-12H2,1-2H3,(H,20,24)/t14-,15+. The minimum Gasteiger partial charge on any atom is -0.371 e. The van der Waals surface area contributed by atoms with E-state index in [2.05, 4.69) is 24.2 Å². The number of rotatable bonds is 4. The smallest absolute Gasteiger partial charge is 0.270 e. The molecule has 0 radical (unpaired) electrons. The van der Waals surface area contributed by atoms with E-state index >= 15 is 0 Å². The van der Waals surface area contributed by atoms with Gasteiger partial charge in [0.15, 0.2) is 0 Å². The molecular formula is C19H28N4O3. The summed E-state index contributed by atoms with van der Waals surface area (Å²) < 4.78 is 0. The fourth-order valence-corrected chi connectivity index (χ4v) is 4.05. The number of piperidine rings is 2. The van der Waals surface area contributed by atoms with E-state index in [0.717, 1.165) is 50.9 Å². The van der Waals surface area contributed by atoms with Crippen LogP contribution in [0.2, 0.25) is 0 Å². The molecule has 0 aliphatic carbocycles. The minimum atomic E-state index is -0.442. The predicted octanol–water partition coefficient (Wildman–Crippen LogP) is 3.49. The van der Waals surface area contributed by atoms with Crippen LogP contribution in [0, 0.1) is 10.1 Å². The van der Waals surface area contributed by atoms with Crippen LogP contribution in [-0.2, 0) is 0 Å². The number of nitrogens with one attached hydrogen (secondary N) is 1. The molecule has 0 saturated carbocycles. The molecule has 7 nitrogen and oxygen atoms in total. The van der Waals surface area contributed by atoms with Crippen molar-refractivity contribution in [3.05, 3.63) is 33.9 Å². The molecule has 1 aromatic carbocycles. The highest BCUT2D eigenvalue weighted by atomic mass is 16.6. The van der Waals surface area contributed by atoms with E-state index < -0.39 is 4.92 Å². The SMILES string of the molecule is C[C@@H]1CCC[C@H](C)N1NC(=O)c1cc([N+](=O)[O-])ccc1N1CCCCC1. The van der Waals surface area contributed by atoms with Gasteiger partial charge in [0.25, 0.3) is 11.6 Å². The van der Waals surface area contributed by atoms with Crippen LogP contribution in [-0.4, -0.2) is 41.0 Å². The van der Waals surface area contributed by atoms with E-state index in [1.165, 1.54) is 18.6 Å². The second-order valence-electron chi connectivity index (χ2n) is 7.48. The van der Waals surface area contributed by atoms with Crippen LogP contribution < -0.4 is 10.3 Å². The average molecular weight is 360 g/mol. The Kier molecular flexibility index (Phi) is 5.76. The number of anilines is 1. The summed E-state index contributed by atoms with van der Waals surface area (Å²) in [7, 11) is 0. The maximum atomic E-state index is 13.0. The zero-order valence-corrected chi connectivity index (χ0v) is 15.6. The lowest BCUT2D eigenvalue weighted by molar-refractivity contribution is -0.384. The van der Waals surface area contributed by atoms with Gasteiger partial charge in [-0.15, -0.1) is 0 Å². The van der Waals surface area contributed by atoms with Gasteiger partial charge in [0.1, 0.15) is 0 Å². The molecule has 0 aromatic heterocycles. The molecule has 2 saturated heterocycles. The number of carbonyl (C=O) groups is 1. The molecule has 1 amide bonds. The van der Waals surface area contributed by atoms with Gasteiger partial charge in [0, 0.05) is 37.3 Å². The Bertz CT molecular complexity index is 663. The third-order valence-corrected chi connectivity index (χ3v) is 5.56. The van der Waals surface area contributed by atoms with Gasteiger partial charge in [-0.1, -0.05) is 6.42 Å². The summed E-state index contributed by atoms with van der Waals surface area (Å²) in [6, 6.07) is 5.16. The van der Waals surface area contributed by atoms with E-state index in [-0.39, 0.29) is 23.7 Å². The maximum absolute atomic E-state index is 13.0. The highest BCUT2D eigenvalue weighted by Crippen LogP contribution is 2.29. The number of non-ortho nitro benzene ring substituents is 1. The third-order valence-electron chi connectivity index (χ3n) is 5.56. The Balaban J connectivity index is 1.88. The van der Waals surface area contributed by atoms with E-state index in [0.29, 0.717) is 5.56 Å². The topological polar surface area (TPSA) is 78.7 Å². The molecule has 2 fully saturated rings. The Morgan fingerprint density at radius 2 is 1.77 bits per heavy atom. The molecule has 142 valence electrons. The summed E-state index contributed by atoms with van der Waals surface area (Å²) >= 11 is 0. The molecule has 0 unspecified atom stereocenters. The minimum absolute atomic E-state index is 0.0457. The van der Waals surface area contributed by atoms with Crippen molar-refractivity contribution >= 4 is 17.3 Å². The molecule has 0 bridgehead atoms. The number of nitro benzene ring substituents is 1. The number of nitrogens with zero attached hydrogens (tertiary/aromatic N) is 3. The predicted molar refractivity (Wildman–Crippen MR) is 101 cm³/mol. The molecule has 1 aromatic rings. The Labute approximate surface area is 154 Å². The third kappa shape index (κ3) is 3.98. The van der Waals surface area contributed by atoms with Crippen LogP contribution >= 0.6 is 0 Å². The maximum Gasteiger partial charge on any atom is 0.270 e. The van der Waals surface area contributed by atoms with Gasteiger partial charge in [0.05, 0.1) is 16.2 Å². The molecule has 7 heteroatoms. The lowest BCUT2D eigenvalue weighted by atomic mass is 9.99. The first-order valence-corrected chi connectivity index (χ1v) is 9.60. The molecule has 2 atom stereocenters. The van der Waals surface area contributed by atoms with Crippen molar-refractivity contribution in [2.24, 2.45) is 0 Å². The summed E-state index contributed by atoms with van der Waals surface area (Å²) in [6.45, 7) is 5.98. The van der Waals surface area contributed by atoms with E-state index in [1.807, 2.05) is 5.01 Å².